The zero-order chi connectivity index (χ0) is 27.3. The first-order valence-electron chi connectivity index (χ1n) is 10.7. The lowest BCUT2D eigenvalue weighted by Gasteiger charge is -2.32. The van der Waals surface area contributed by atoms with Crippen molar-refractivity contribution in [2.45, 2.75) is 51.3 Å². The molecule has 196 valence electrons. The number of benzene rings is 2. The minimum absolute atomic E-state index is 0.00335. The molecule has 7 N–H and O–H groups in total. The van der Waals surface area contributed by atoms with E-state index in [4.69, 9.17) is 15.0 Å². The summed E-state index contributed by atoms with van der Waals surface area (Å²) in [5.41, 5.74) is 3.66. The summed E-state index contributed by atoms with van der Waals surface area (Å²) in [4.78, 5) is 38.2. The van der Waals surface area contributed by atoms with Crippen LogP contribution in [0.5, 0.6) is 5.75 Å². The molecular weight excluding hydrogens is 492 g/mol. The number of alkyl carbamates (subject to hydrolysis) is 1. The van der Waals surface area contributed by atoms with Gasteiger partial charge in [0, 0.05) is 6.42 Å². The van der Waals surface area contributed by atoms with E-state index < -0.39 is 45.4 Å². The quantitative estimate of drug-likeness (QED) is 0.267. The van der Waals surface area contributed by atoms with Crippen molar-refractivity contribution in [3.63, 3.8) is 0 Å². The predicted octanol–water partition coefficient (Wildman–Crippen LogP) is 1.56. The molecule has 0 fully saturated rings. The molecule has 13 heteroatoms. The molecule has 0 aliphatic carbocycles. The normalized spacial score (nSPS) is 14.1. The van der Waals surface area contributed by atoms with E-state index in [1.807, 2.05) is 4.72 Å². The first-order chi connectivity index (χ1) is 16.5. The zero-order valence-electron chi connectivity index (χ0n) is 20.2. The number of aromatic hydroxyl groups is 1. The van der Waals surface area contributed by atoms with Gasteiger partial charge in [-0.1, -0.05) is 24.3 Å². The lowest BCUT2D eigenvalue weighted by molar-refractivity contribution is -0.131. The summed E-state index contributed by atoms with van der Waals surface area (Å²) in [5.74, 6) is -1.60. The minimum atomic E-state index is -4.53. The van der Waals surface area contributed by atoms with Crippen LogP contribution in [0.25, 0.3) is 0 Å². The SMILES string of the molecule is CC(C)(C)OC(=O)N[C@](C)(C(=O)NC(Cc1ccc(O)cc1)C(N)=O)c1ccc(NS(=O)(=O)O)cc1. The van der Waals surface area contributed by atoms with E-state index in [2.05, 4.69) is 10.6 Å². The van der Waals surface area contributed by atoms with Gasteiger partial charge in [-0.3, -0.25) is 18.9 Å². The van der Waals surface area contributed by atoms with Gasteiger partial charge in [0.15, 0.2) is 0 Å². The Morgan fingerprint density at radius 3 is 2.03 bits per heavy atom. The number of primary amides is 1. The molecule has 0 saturated carbocycles. The molecule has 0 bridgehead atoms. The molecule has 0 aromatic heterocycles. The maximum Gasteiger partial charge on any atom is 0.408 e. The number of rotatable bonds is 9. The van der Waals surface area contributed by atoms with E-state index >= 15 is 0 Å². The number of carbonyl (C=O) groups excluding carboxylic acids is 3. The summed E-state index contributed by atoms with van der Waals surface area (Å²) >= 11 is 0. The largest absolute Gasteiger partial charge is 0.508 e. The predicted molar refractivity (Wildman–Crippen MR) is 131 cm³/mol. The Hall–Kier alpha value is -3.84. The molecule has 0 spiro atoms. The third kappa shape index (κ3) is 8.43. The molecule has 0 aliphatic heterocycles. The molecule has 3 amide bonds. The van der Waals surface area contributed by atoms with Crippen LogP contribution in [0.3, 0.4) is 0 Å². The standard InChI is InChI=1S/C23H30N4O8S/c1-22(2,3)35-21(31)26-23(4,15-7-9-16(10-8-15)27-36(32,33)34)20(30)25-18(19(24)29)13-14-5-11-17(28)12-6-14/h5-12,18,27-28H,13H2,1-4H3,(H2,24,29)(H,25,30)(H,26,31)(H,32,33,34)/t18?,23-/m0/s1. The van der Waals surface area contributed by atoms with Crippen LogP contribution in [0.15, 0.2) is 48.5 Å². The van der Waals surface area contributed by atoms with Crippen molar-refractivity contribution in [1.82, 2.24) is 10.6 Å². The topological polar surface area (TPSA) is 197 Å². The monoisotopic (exact) mass is 522 g/mol. The van der Waals surface area contributed by atoms with Gasteiger partial charge in [0.1, 0.15) is 22.9 Å². The van der Waals surface area contributed by atoms with Gasteiger partial charge in [-0.25, -0.2) is 4.79 Å². The van der Waals surface area contributed by atoms with E-state index in [-0.39, 0.29) is 23.4 Å². The number of carbonyl (C=O) groups is 3. The molecule has 2 aromatic rings. The highest BCUT2D eigenvalue weighted by Gasteiger charge is 2.40. The van der Waals surface area contributed by atoms with E-state index in [0.29, 0.717) is 5.56 Å². The van der Waals surface area contributed by atoms with Crippen LogP contribution >= 0.6 is 0 Å². The Kier molecular flexibility index (Phi) is 8.54. The van der Waals surface area contributed by atoms with Crippen LogP contribution in [0, 0.1) is 0 Å². The van der Waals surface area contributed by atoms with Crippen molar-refractivity contribution in [1.29, 1.82) is 0 Å². The molecular formula is C23H30N4O8S. The Morgan fingerprint density at radius 1 is 1.00 bits per heavy atom. The van der Waals surface area contributed by atoms with E-state index in [1.54, 1.807) is 32.9 Å². The molecule has 0 aliphatic rings. The number of ether oxygens (including phenoxy) is 1. The van der Waals surface area contributed by atoms with Gasteiger partial charge < -0.3 is 26.2 Å². The summed E-state index contributed by atoms with van der Waals surface area (Å²) in [6, 6.07) is 10.1. The minimum Gasteiger partial charge on any atom is -0.508 e. The molecule has 2 rings (SSSR count). The fourth-order valence-electron chi connectivity index (χ4n) is 3.18. The van der Waals surface area contributed by atoms with Crippen LogP contribution in [0.4, 0.5) is 10.5 Å². The molecule has 0 heterocycles. The van der Waals surface area contributed by atoms with E-state index in [1.165, 1.54) is 43.3 Å². The molecule has 12 nitrogen and oxygen atoms in total. The van der Waals surface area contributed by atoms with Crippen LogP contribution in [-0.4, -0.2) is 47.6 Å². The molecule has 0 radical (unpaired) electrons. The van der Waals surface area contributed by atoms with Crippen molar-refractivity contribution in [3.05, 3.63) is 59.7 Å². The first kappa shape index (κ1) is 28.4. The zero-order valence-corrected chi connectivity index (χ0v) is 21.0. The van der Waals surface area contributed by atoms with Gasteiger partial charge in [0.05, 0.1) is 5.69 Å². The Balaban J connectivity index is 2.38. The highest BCUT2D eigenvalue weighted by atomic mass is 32.2. The Bertz CT molecular complexity index is 1210. The molecule has 1 unspecified atom stereocenters. The maximum absolute atomic E-state index is 13.5. The smallest absolute Gasteiger partial charge is 0.408 e. The second kappa shape index (κ2) is 10.8. The number of nitrogens with two attached hydrogens (primary N) is 1. The summed E-state index contributed by atoms with van der Waals surface area (Å²) in [6.07, 6.45) is -0.907. The third-order valence-electron chi connectivity index (χ3n) is 4.94. The van der Waals surface area contributed by atoms with Gasteiger partial charge in [0.2, 0.25) is 5.91 Å². The summed E-state index contributed by atoms with van der Waals surface area (Å²) < 4.78 is 38.3. The average molecular weight is 523 g/mol. The molecule has 36 heavy (non-hydrogen) atoms. The number of anilines is 1. The number of phenolic OH excluding ortho intramolecular Hbond substituents is 1. The number of hydrogen-bond acceptors (Lipinski definition) is 7. The Morgan fingerprint density at radius 2 is 1.56 bits per heavy atom. The van der Waals surface area contributed by atoms with Crippen LogP contribution < -0.4 is 21.1 Å². The van der Waals surface area contributed by atoms with Gasteiger partial charge in [-0.2, -0.15) is 8.42 Å². The van der Waals surface area contributed by atoms with Crippen molar-refractivity contribution in [2.75, 3.05) is 4.72 Å². The molecule has 0 saturated heterocycles. The van der Waals surface area contributed by atoms with Gasteiger partial charge in [-0.05, 0) is 63.1 Å². The van der Waals surface area contributed by atoms with E-state index in [0.717, 1.165) is 0 Å². The fraction of sp³-hybridized carbons (Fsp3) is 0.348. The molecule has 2 aromatic carbocycles. The highest BCUT2D eigenvalue weighted by molar-refractivity contribution is 7.87. The number of nitrogens with one attached hydrogen (secondary N) is 3. The second-order valence-electron chi connectivity index (χ2n) is 9.21. The van der Waals surface area contributed by atoms with Crippen molar-refractivity contribution in [2.24, 2.45) is 5.73 Å². The number of hydrogen-bond donors (Lipinski definition) is 6. The number of phenols is 1. The highest BCUT2D eigenvalue weighted by Crippen LogP contribution is 2.25. The summed E-state index contributed by atoms with van der Waals surface area (Å²) in [6.45, 7) is 6.29. The second-order valence-corrected chi connectivity index (χ2v) is 10.4. The van der Waals surface area contributed by atoms with Gasteiger partial charge >= 0.3 is 16.4 Å². The summed E-state index contributed by atoms with van der Waals surface area (Å²) in [5, 5.41) is 14.5. The lowest BCUT2D eigenvalue weighted by atomic mass is 9.90. The fourth-order valence-corrected chi connectivity index (χ4v) is 3.62. The van der Waals surface area contributed by atoms with Crippen molar-refractivity contribution < 1.29 is 37.2 Å². The number of amides is 3. The third-order valence-corrected chi connectivity index (χ3v) is 5.43. The molecule has 2 atom stereocenters. The van der Waals surface area contributed by atoms with Crippen LogP contribution in [0.2, 0.25) is 0 Å². The summed E-state index contributed by atoms with van der Waals surface area (Å²) in [7, 11) is -4.53. The average Bonchev–Trinajstić information content (AvgIpc) is 2.72. The van der Waals surface area contributed by atoms with E-state index in [9.17, 15) is 27.9 Å². The van der Waals surface area contributed by atoms with Gasteiger partial charge in [-0.15, -0.1) is 0 Å². The van der Waals surface area contributed by atoms with Crippen LogP contribution in [-0.2, 0) is 36.6 Å². The van der Waals surface area contributed by atoms with Crippen LogP contribution in [0.1, 0.15) is 38.8 Å². The Labute approximate surface area is 209 Å². The van der Waals surface area contributed by atoms with Crippen molar-refractivity contribution >= 4 is 33.9 Å². The lowest BCUT2D eigenvalue weighted by Crippen LogP contribution is -2.59. The first-order valence-corrected chi connectivity index (χ1v) is 12.2. The maximum atomic E-state index is 13.5. The van der Waals surface area contributed by atoms with Crippen molar-refractivity contribution in [3.8, 4) is 5.75 Å². The van der Waals surface area contributed by atoms with Gasteiger partial charge in [0.25, 0.3) is 5.91 Å².